The Morgan fingerprint density at radius 1 is 1.06 bits per heavy atom. The molecule has 0 spiro atoms. The SMILES string of the molecule is C=CCc1ccc(OCCn2c(C3CC(=O)N(c4ccccc4)C3)nc3ccccc32)c(OC)c1. The molecule has 35 heavy (non-hydrogen) atoms. The molecule has 1 unspecified atom stereocenters. The smallest absolute Gasteiger partial charge is 0.227 e. The third kappa shape index (κ3) is 4.64. The third-order valence-corrected chi connectivity index (χ3v) is 6.42. The van der Waals surface area contributed by atoms with Crippen LogP contribution >= 0.6 is 0 Å². The molecule has 6 nitrogen and oxygen atoms in total. The molecule has 6 heteroatoms. The number of para-hydroxylation sites is 3. The van der Waals surface area contributed by atoms with Crippen LogP contribution in [0.3, 0.4) is 0 Å². The zero-order chi connectivity index (χ0) is 24.2. The highest BCUT2D eigenvalue weighted by atomic mass is 16.5. The van der Waals surface area contributed by atoms with E-state index in [2.05, 4.69) is 17.2 Å². The molecule has 1 aromatic heterocycles. The highest BCUT2D eigenvalue weighted by Crippen LogP contribution is 2.33. The Hall–Kier alpha value is -4.06. The fourth-order valence-electron chi connectivity index (χ4n) is 4.75. The Labute approximate surface area is 205 Å². The Bertz CT molecular complexity index is 1350. The van der Waals surface area contributed by atoms with E-state index in [-0.39, 0.29) is 11.8 Å². The fourth-order valence-corrected chi connectivity index (χ4v) is 4.75. The van der Waals surface area contributed by atoms with Crippen molar-refractivity contribution in [3.05, 3.63) is 96.8 Å². The maximum absolute atomic E-state index is 12.9. The van der Waals surface area contributed by atoms with Crippen molar-refractivity contribution < 1.29 is 14.3 Å². The molecular weight excluding hydrogens is 438 g/mol. The van der Waals surface area contributed by atoms with Crippen LogP contribution in [0.25, 0.3) is 11.0 Å². The molecule has 3 aromatic carbocycles. The van der Waals surface area contributed by atoms with Gasteiger partial charge in [-0.2, -0.15) is 0 Å². The summed E-state index contributed by atoms with van der Waals surface area (Å²) in [6.07, 6.45) is 3.09. The predicted octanol–water partition coefficient (Wildman–Crippen LogP) is 5.37. The number of carbonyl (C=O) groups is 1. The number of ether oxygens (including phenoxy) is 2. The number of aromatic nitrogens is 2. The lowest BCUT2D eigenvalue weighted by Crippen LogP contribution is -2.24. The van der Waals surface area contributed by atoms with Gasteiger partial charge in [0.2, 0.25) is 5.91 Å². The van der Waals surface area contributed by atoms with Crippen LogP contribution in [0.5, 0.6) is 11.5 Å². The number of carbonyl (C=O) groups excluding carboxylic acids is 1. The number of anilines is 1. The molecule has 0 radical (unpaired) electrons. The van der Waals surface area contributed by atoms with Crippen molar-refractivity contribution in [2.24, 2.45) is 0 Å². The van der Waals surface area contributed by atoms with E-state index in [0.717, 1.165) is 34.5 Å². The zero-order valence-electron chi connectivity index (χ0n) is 19.9. The maximum Gasteiger partial charge on any atom is 0.227 e. The summed E-state index contributed by atoms with van der Waals surface area (Å²) in [5.41, 5.74) is 4.03. The molecule has 0 bridgehead atoms. The van der Waals surface area contributed by atoms with Crippen molar-refractivity contribution in [2.45, 2.75) is 25.3 Å². The summed E-state index contributed by atoms with van der Waals surface area (Å²) < 4.78 is 13.9. The molecule has 0 aliphatic carbocycles. The van der Waals surface area contributed by atoms with Crippen molar-refractivity contribution >= 4 is 22.6 Å². The number of rotatable bonds is 9. The van der Waals surface area contributed by atoms with Crippen LogP contribution in [0.2, 0.25) is 0 Å². The van der Waals surface area contributed by atoms with Gasteiger partial charge in [-0.05, 0) is 48.4 Å². The van der Waals surface area contributed by atoms with Crippen LogP contribution < -0.4 is 14.4 Å². The fraction of sp³-hybridized carbons (Fsp3) is 0.241. The summed E-state index contributed by atoms with van der Waals surface area (Å²) in [7, 11) is 1.65. The van der Waals surface area contributed by atoms with Gasteiger partial charge in [0.15, 0.2) is 11.5 Å². The van der Waals surface area contributed by atoms with Gasteiger partial charge in [-0.25, -0.2) is 4.98 Å². The number of hydrogen-bond acceptors (Lipinski definition) is 4. The number of benzene rings is 3. The molecule has 1 atom stereocenters. The number of methoxy groups -OCH3 is 1. The van der Waals surface area contributed by atoms with Crippen molar-refractivity contribution in [1.82, 2.24) is 9.55 Å². The normalized spacial score (nSPS) is 15.5. The van der Waals surface area contributed by atoms with Gasteiger partial charge in [-0.1, -0.05) is 42.5 Å². The van der Waals surface area contributed by atoms with E-state index in [1.165, 1.54) is 0 Å². The van der Waals surface area contributed by atoms with Gasteiger partial charge in [0.1, 0.15) is 12.4 Å². The summed E-state index contributed by atoms with van der Waals surface area (Å²) in [4.78, 5) is 19.7. The number of imidazole rings is 1. The minimum Gasteiger partial charge on any atom is -0.493 e. The van der Waals surface area contributed by atoms with Gasteiger partial charge >= 0.3 is 0 Å². The van der Waals surface area contributed by atoms with E-state index < -0.39 is 0 Å². The number of nitrogens with zero attached hydrogens (tertiary/aromatic N) is 3. The lowest BCUT2D eigenvalue weighted by atomic mass is 10.1. The molecule has 1 aliphatic heterocycles. The first-order valence-corrected chi connectivity index (χ1v) is 11.9. The molecule has 4 aromatic rings. The second kappa shape index (κ2) is 10.1. The van der Waals surface area contributed by atoms with E-state index in [1.54, 1.807) is 7.11 Å². The van der Waals surface area contributed by atoms with E-state index in [4.69, 9.17) is 14.5 Å². The lowest BCUT2D eigenvalue weighted by Gasteiger charge is -2.18. The average molecular weight is 468 g/mol. The topological polar surface area (TPSA) is 56.6 Å². The van der Waals surface area contributed by atoms with Crippen molar-refractivity contribution in [3.8, 4) is 11.5 Å². The van der Waals surface area contributed by atoms with E-state index in [9.17, 15) is 4.79 Å². The first kappa shape index (κ1) is 22.7. The van der Waals surface area contributed by atoms with Crippen molar-refractivity contribution in [3.63, 3.8) is 0 Å². The van der Waals surface area contributed by atoms with Crippen LogP contribution in [-0.4, -0.2) is 35.7 Å². The highest BCUT2D eigenvalue weighted by molar-refractivity contribution is 5.96. The molecule has 0 saturated carbocycles. The number of allylic oxidation sites excluding steroid dienone is 1. The predicted molar refractivity (Wildman–Crippen MR) is 138 cm³/mol. The van der Waals surface area contributed by atoms with Gasteiger partial charge in [-0.3, -0.25) is 4.79 Å². The van der Waals surface area contributed by atoms with Gasteiger partial charge in [0.25, 0.3) is 0 Å². The molecule has 2 heterocycles. The van der Waals surface area contributed by atoms with Gasteiger partial charge in [0, 0.05) is 24.6 Å². The molecule has 0 N–H and O–H groups in total. The van der Waals surface area contributed by atoms with Crippen LogP contribution in [0, 0.1) is 0 Å². The van der Waals surface area contributed by atoms with E-state index in [0.29, 0.717) is 37.6 Å². The van der Waals surface area contributed by atoms with Crippen LogP contribution in [-0.2, 0) is 17.8 Å². The second-order valence-electron chi connectivity index (χ2n) is 8.68. The largest absolute Gasteiger partial charge is 0.493 e. The number of hydrogen-bond donors (Lipinski definition) is 0. The molecule has 1 saturated heterocycles. The average Bonchev–Trinajstić information content (AvgIpc) is 3.46. The minimum absolute atomic E-state index is 0.0165. The summed E-state index contributed by atoms with van der Waals surface area (Å²) in [5, 5.41) is 0. The Morgan fingerprint density at radius 2 is 1.86 bits per heavy atom. The van der Waals surface area contributed by atoms with Crippen molar-refractivity contribution in [1.29, 1.82) is 0 Å². The van der Waals surface area contributed by atoms with Crippen LogP contribution in [0.1, 0.15) is 23.7 Å². The van der Waals surface area contributed by atoms with E-state index >= 15 is 0 Å². The van der Waals surface area contributed by atoms with Crippen LogP contribution in [0.15, 0.2) is 85.5 Å². The quantitative estimate of drug-likeness (QED) is 0.311. The highest BCUT2D eigenvalue weighted by Gasteiger charge is 2.34. The van der Waals surface area contributed by atoms with Crippen LogP contribution in [0.4, 0.5) is 5.69 Å². The number of fused-ring (bicyclic) bond motifs is 1. The Balaban J connectivity index is 1.37. The minimum atomic E-state index is 0.0165. The van der Waals surface area contributed by atoms with Gasteiger partial charge in [-0.15, -0.1) is 6.58 Å². The van der Waals surface area contributed by atoms with Gasteiger partial charge < -0.3 is 18.9 Å². The van der Waals surface area contributed by atoms with E-state index in [1.807, 2.05) is 77.7 Å². The van der Waals surface area contributed by atoms with Crippen molar-refractivity contribution in [2.75, 3.05) is 25.2 Å². The zero-order valence-corrected chi connectivity index (χ0v) is 19.9. The summed E-state index contributed by atoms with van der Waals surface area (Å²) >= 11 is 0. The molecule has 1 fully saturated rings. The monoisotopic (exact) mass is 467 g/mol. The molecule has 178 valence electrons. The first-order valence-electron chi connectivity index (χ1n) is 11.9. The van der Waals surface area contributed by atoms with Gasteiger partial charge in [0.05, 0.1) is 24.7 Å². The Morgan fingerprint density at radius 3 is 2.66 bits per heavy atom. The molecule has 1 amide bonds. The second-order valence-corrected chi connectivity index (χ2v) is 8.68. The summed E-state index contributed by atoms with van der Waals surface area (Å²) in [5.74, 6) is 2.48. The molecule has 1 aliphatic rings. The third-order valence-electron chi connectivity index (χ3n) is 6.42. The first-order chi connectivity index (χ1) is 17.2. The molecular formula is C29H29N3O3. The lowest BCUT2D eigenvalue weighted by molar-refractivity contribution is -0.117. The maximum atomic E-state index is 12.9. The summed E-state index contributed by atoms with van der Waals surface area (Å²) in [6, 6.07) is 23.9. The molecule has 5 rings (SSSR count). The summed E-state index contributed by atoms with van der Waals surface area (Å²) in [6.45, 7) is 5.48. The standard InChI is InChI=1S/C29H29N3O3/c1-3-9-21-14-15-26(27(18-21)34-2)35-17-16-31-25-13-8-7-12-24(25)30-29(31)22-19-28(33)32(20-22)23-10-5-4-6-11-23/h3-8,10-15,18,22H,1,9,16-17,19-20H2,2H3. The Kier molecular flexibility index (Phi) is 6.53. The number of amides is 1.